The van der Waals surface area contributed by atoms with E-state index in [4.69, 9.17) is 15.5 Å². The molecule has 5 rings (SSSR count). The number of nitrogens with one attached hydrogen (secondary N) is 2. The van der Waals surface area contributed by atoms with Gasteiger partial charge in [0.15, 0.2) is 5.82 Å². The number of nitrogens with two attached hydrogens (primary N) is 1. The average Bonchev–Trinajstić information content (AvgIpc) is 3.43. The second kappa shape index (κ2) is 7.69. The summed E-state index contributed by atoms with van der Waals surface area (Å²) in [7, 11) is 0. The molecule has 10 nitrogen and oxygen atoms in total. The van der Waals surface area contributed by atoms with Gasteiger partial charge >= 0.3 is 0 Å². The molecule has 4 N–H and O–H groups in total. The lowest BCUT2D eigenvalue weighted by atomic mass is 10.1. The number of carbonyl (C=O) groups excluding carboxylic acids is 1. The fourth-order valence-electron chi connectivity index (χ4n) is 3.33. The van der Waals surface area contributed by atoms with Crippen LogP contribution in [0.25, 0.3) is 22.3 Å². The van der Waals surface area contributed by atoms with Crippen molar-refractivity contribution in [1.29, 1.82) is 0 Å². The van der Waals surface area contributed by atoms with Crippen molar-refractivity contribution in [3.8, 4) is 11.4 Å². The van der Waals surface area contributed by atoms with Crippen molar-refractivity contribution in [2.75, 3.05) is 36.5 Å². The van der Waals surface area contributed by atoms with Crippen molar-refractivity contribution >= 4 is 45.7 Å². The highest BCUT2D eigenvalue weighted by atomic mass is 32.1. The number of aromatic amines is 1. The van der Waals surface area contributed by atoms with Crippen molar-refractivity contribution in [3.63, 3.8) is 0 Å². The number of ether oxygens (including phenoxy) is 1. The third-order valence-corrected chi connectivity index (χ3v) is 5.71. The Bertz CT molecular complexity index is 1210. The van der Waals surface area contributed by atoms with Crippen molar-refractivity contribution in [3.05, 3.63) is 40.7 Å². The lowest BCUT2D eigenvalue weighted by Crippen LogP contribution is -2.37. The molecule has 0 bridgehead atoms. The molecule has 3 aromatic heterocycles. The number of morpholine rings is 1. The van der Waals surface area contributed by atoms with Crippen LogP contribution < -0.4 is 16.0 Å². The molecule has 152 valence electrons. The molecule has 30 heavy (non-hydrogen) atoms. The van der Waals surface area contributed by atoms with Gasteiger partial charge < -0.3 is 20.7 Å². The van der Waals surface area contributed by atoms with Crippen LogP contribution >= 0.6 is 11.3 Å². The number of anilines is 3. The van der Waals surface area contributed by atoms with E-state index < -0.39 is 5.91 Å². The molecule has 4 aromatic rings. The summed E-state index contributed by atoms with van der Waals surface area (Å²) in [4.78, 5) is 28.1. The number of fused-ring (bicyclic) bond motifs is 1. The van der Waals surface area contributed by atoms with E-state index in [0.717, 1.165) is 16.5 Å². The van der Waals surface area contributed by atoms with Crippen molar-refractivity contribution in [2.24, 2.45) is 5.73 Å². The van der Waals surface area contributed by atoms with E-state index in [1.165, 1.54) is 11.3 Å². The Labute approximate surface area is 175 Å². The molecule has 0 atom stereocenters. The third kappa shape index (κ3) is 3.44. The Morgan fingerprint density at radius 3 is 2.90 bits per heavy atom. The van der Waals surface area contributed by atoms with E-state index in [2.05, 4.69) is 30.4 Å². The van der Waals surface area contributed by atoms with Gasteiger partial charge in [-0.15, -0.1) is 11.3 Å². The number of benzene rings is 1. The molecule has 1 aliphatic rings. The predicted molar refractivity (Wildman–Crippen MR) is 114 cm³/mol. The number of nitrogens with zero attached hydrogens (tertiary/aromatic N) is 5. The Hall–Kier alpha value is -3.57. The number of carbonyl (C=O) groups is 1. The fourth-order valence-corrected chi connectivity index (χ4v) is 4.03. The molecule has 1 aromatic carbocycles. The topological polar surface area (TPSA) is 135 Å². The van der Waals surface area contributed by atoms with Gasteiger partial charge in [-0.05, 0) is 17.5 Å². The number of aromatic nitrogens is 5. The van der Waals surface area contributed by atoms with Crippen LogP contribution in [0.3, 0.4) is 0 Å². The highest BCUT2D eigenvalue weighted by Gasteiger charge is 2.19. The van der Waals surface area contributed by atoms with Gasteiger partial charge in [-0.2, -0.15) is 20.1 Å². The van der Waals surface area contributed by atoms with E-state index in [1.54, 1.807) is 17.6 Å². The van der Waals surface area contributed by atoms with Crippen molar-refractivity contribution < 1.29 is 9.53 Å². The first-order chi connectivity index (χ1) is 14.7. The first kappa shape index (κ1) is 18.5. The first-order valence-electron chi connectivity index (χ1n) is 9.34. The number of primary amides is 1. The normalized spacial score (nSPS) is 14.2. The van der Waals surface area contributed by atoms with E-state index in [-0.39, 0.29) is 0 Å². The lowest BCUT2D eigenvalue weighted by molar-refractivity contribution is 0.100. The minimum Gasteiger partial charge on any atom is -0.378 e. The summed E-state index contributed by atoms with van der Waals surface area (Å²) in [6, 6.07) is 7.59. The molecule has 0 radical (unpaired) electrons. The van der Waals surface area contributed by atoms with Gasteiger partial charge in [-0.3, -0.25) is 9.89 Å². The third-order valence-electron chi connectivity index (χ3n) is 4.78. The number of amides is 1. The van der Waals surface area contributed by atoms with Crippen LogP contribution in [-0.4, -0.2) is 57.4 Å². The zero-order chi connectivity index (χ0) is 20.5. The maximum atomic E-state index is 11.7. The fraction of sp³-hybridized carbons (Fsp3) is 0.211. The number of hydrogen-bond donors (Lipinski definition) is 3. The second-order valence-corrected chi connectivity index (χ2v) is 7.59. The number of H-pyrrole nitrogens is 1. The van der Waals surface area contributed by atoms with E-state index in [0.29, 0.717) is 54.6 Å². The smallest absolute Gasteiger partial charge is 0.260 e. The molecule has 4 heterocycles. The summed E-state index contributed by atoms with van der Waals surface area (Å²) >= 11 is 1.27. The van der Waals surface area contributed by atoms with Crippen LogP contribution in [0.2, 0.25) is 0 Å². The van der Waals surface area contributed by atoms with Crippen molar-refractivity contribution in [2.45, 2.75) is 0 Å². The molecule has 1 saturated heterocycles. The minimum atomic E-state index is -0.502. The van der Waals surface area contributed by atoms with E-state index in [9.17, 15) is 4.79 Å². The summed E-state index contributed by atoms with van der Waals surface area (Å²) in [6.07, 6.45) is 1.75. The molecule has 1 amide bonds. The predicted octanol–water partition coefficient (Wildman–Crippen LogP) is 2.16. The largest absolute Gasteiger partial charge is 0.378 e. The van der Waals surface area contributed by atoms with Gasteiger partial charge in [0.05, 0.1) is 30.6 Å². The summed E-state index contributed by atoms with van der Waals surface area (Å²) in [5, 5.41) is 12.9. The zero-order valence-electron chi connectivity index (χ0n) is 15.8. The number of thiophene rings is 1. The average molecular weight is 422 g/mol. The summed E-state index contributed by atoms with van der Waals surface area (Å²) in [6.45, 7) is 2.59. The van der Waals surface area contributed by atoms with Crippen LogP contribution in [0.1, 0.15) is 9.67 Å². The highest BCUT2D eigenvalue weighted by molar-refractivity contribution is 7.12. The number of rotatable bonds is 5. The Morgan fingerprint density at radius 2 is 2.07 bits per heavy atom. The molecule has 11 heteroatoms. The van der Waals surface area contributed by atoms with E-state index >= 15 is 0 Å². The standard InChI is InChI=1S/C19H18N8O2S/c20-16(28)15-14(4-9-30-15)22-18-23-17(11-2-1-3-13-12(11)10-21-26-13)24-19(25-18)27-5-7-29-8-6-27/h1-4,9-10H,5-8H2,(H2,20,28)(H,21,26)(H,22,23,24,25). The number of hydrogen-bond acceptors (Lipinski definition) is 9. The quantitative estimate of drug-likeness (QED) is 0.445. The second-order valence-electron chi connectivity index (χ2n) is 6.67. The zero-order valence-corrected chi connectivity index (χ0v) is 16.6. The Kier molecular flexibility index (Phi) is 4.73. The van der Waals surface area contributed by atoms with Crippen LogP contribution in [0.4, 0.5) is 17.6 Å². The first-order valence-corrected chi connectivity index (χ1v) is 10.2. The maximum absolute atomic E-state index is 11.7. The minimum absolute atomic E-state index is 0.336. The van der Waals surface area contributed by atoms with E-state index in [1.807, 2.05) is 18.2 Å². The molecule has 1 aliphatic heterocycles. The van der Waals surface area contributed by atoms with Crippen LogP contribution in [-0.2, 0) is 4.74 Å². The van der Waals surface area contributed by atoms with Gasteiger partial charge in [0.1, 0.15) is 4.88 Å². The molecule has 0 aliphatic carbocycles. The van der Waals surface area contributed by atoms with Crippen LogP contribution in [0.5, 0.6) is 0 Å². The molecular formula is C19H18N8O2S. The van der Waals surface area contributed by atoms with Gasteiger partial charge in [0, 0.05) is 24.0 Å². The lowest BCUT2D eigenvalue weighted by Gasteiger charge is -2.27. The van der Waals surface area contributed by atoms with Gasteiger partial charge in [0.25, 0.3) is 5.91 Å². The Morgan fingerprint density at radius 1 is 1.20 bits per heavy atom. The molecule has 1 fully saturated rings. The molecule has 0 spiro atoms. The van der Waals surface area contributed by atoms with Gasteiger partial charge in [-0.25, -0.2) is 0 Å². The Balaban J connectivity index is 1.61. The molecule has 0 unspecified atom stereocenters. The summed E-state index contributed by atoms with van der Waals surface area (Å²) < 4.78 is 5.45. The van der Waals surface area contributed by atoms with Crippen molar-refractivity contribution in [1.82, 2.24) is 25.1 Å². The molecular weight excluding hydrogens is 404 g/mol. The molecule has 0 saturated carbocycles. The summed E-state index contributed by atoms with van der Waals surface area (Å²) in [5.74, 6) is 0.889. The summed E-state index contributed by atoms with van der Waals surface area (Å²) in [5.41, 5.74) is 7.77. The van der Waals surface area contributed by atoms with Crippen LogP contribution in [0.15, 0.2) is 35.8 Å². The SMILES string of the molecule is NC(=O)c1sccc1Nc1nc(-c2cccc3[nH]ncc23)nc(N2CCOCC2)n1. The monoisotopic (exact) mass is 422 g/mol. The van der Waals surface area contributed by atoms with Gasteiger partial charge in [0.2, 0.25) is 11.9 Å². The maximum Gasteiger partial charge on any atom is 0.260 e. The highest BCUT2D eigenvalue weighted by Crippen LogP contribution is 2.29. The van der Waals surface area contributed by atoms with Crippen LogP contribution in [0, 0.1) is 0 Å². The van der Waals surface area contributed by atoms with Gasteiger partial charge in [-0.1, -0.05) is 12.1 Å².